The Hall–Kier alpha value is -1.06. The number of carboxylic acids is 1. The van der Waals surface area contributed by atoms with Crippen LogP contribution in [0.15, 0.2) is 0 Å². The van der Waals surface area contributed by atoms with E-state index in [2.05, 4.69) is 0 Å². The molecule has 0 spiro atoms. The standard InChI is InChI=1S/C12H19NO3/c1-2-12(5-6-12)11(16)13-7-3-4-9(8-13)10(14)15/h9H,2-8H2,1H3,(H,14,15). The summed E-state index contributed by atoms with van der Waals surface area (Å²) in [6, 6.07) is 0. The number of likely N-dealkylation sites (tertiary alicyclic amines) is 1. The van der Waals surface area contributed by atoms with Gasteiger partial charge >= 0.3 is 5.97 Å². The summed E-state index contributed by atoms with van der Waals surface area (Å²) >= 11 is 0. The second kappa shape index (κ2) is 4.07. The highest BCUT2D eigenvalue weighted by Crippen LogP contribution is 2.50. The molecule has 1 unspecified atom stereocenters. The molecule has 2 rings (SSSR count). The van der Waals surface area contributed by atoms with Crippen molar-refractivity contribution in [3.8, 4) is 0 Å². The third-order valence-electron chi connectivity index (χ3n) is 4.04. The minimum absolute atomic E-state index is 0.125. The van der Waals surface area contributed by atoms with Crippen LogP contribution in [0, 0.1) is 11.3 Å². The Kier molecular flexibility index (Phi) is 2.91. The van der Waals surface area contributed by atoms with Crippen LogP contribution in [-0.4, -0.2) is 35.0 Å². The number of hydrogen-bond acceptors (Lipinski definition) is 2. The molecule has 0 radical (unpaired) electrons. The molecule has 0 bridgehead atoms. The van der Waals surface area contributed by atoms with E-state index in [1.165, 1.54) is 0 Å². The average molecular weight is 225 g/mol. The van der Waals surface area contributed by atoms with Crippen molar-refractivity contribution in [2.24, 2.45) is 11.3 Å². The Morgan fingerprint density at radius 2 is 2.12 bits per heavy atom. The summed E-state index contributed by atoms with van der Waals surface area (Å²) in [6.07, 6.45) is 4.38. The highest BCUT2D eigenvalue weighted by molar-refractivity contribution is 5.86. The van der Waals surface area contributed by atoms with Crippen LogP contribution in [0.5, 0.6) is 0 Å². The van der Waals surface area contributed by atoms with Crippen LogP contribution in [-0.2, 0) is 9.59 Å². The van der Waals surface area contributed by atoms with Crippen molar-refractivity contribution in [3.05, 3.63) is 0 Å². The normalized spacial score (nSPS) is 27.6. The summed E-state index contributed by atoms with van der Waals surface area (Å²) in [5.41, 5.74) is -0.125. The summed E-state index contributed by atoms with van der Waals surface area (Å²) in [4.78, 5) is 24.9. The molecule has 4 nitrogen and oxygen atoms in total. The molecule has 1 amide bonds. The maximum atomic E-state index is 12.2. The first-order chi connectivity index (χ1) is 7.59. The topological polar surface area (TPSA) is 57.6 Å². The summed E-state index contributed by atoms with van der Waals surface area (Å²) in [7, 11) is 0. The number of hydrogen-bond donors (Lipinski definition) is 1. The predicted molar refractivity (Wildman–Crippen MR) is 58.9 cm³/mol. The van der Waals surface area contributed by atoms with Crippen molar-refractivity contribution in [1.29, 1.82) is 0 Å². The van der Waals surface area contributed by atoms with Gasteiger partial charge in [0.05, 0.1) is 5.92 Å². The smallest absolute Gasteiger partial charge is 0.308 e. The molecule has 1 saturated carbocycles. The zero-order valence-electron chi connectivity index (χ0n) is 9.74. The summed E-state index contributed by atoms with van der Waals surface area (Å²) in [5, 5.41) is 8.98. The molecule has 0 aromatic rings. The molecular weight excluding hydrogens is 206 g/mol. The zero-order valence-corrected chi connectivity index (χ0v) is 9.74. The van der Waals surface area contributed by atoms with Crippen molar-refractivity contribution < 1.29 is 14.7 Å². The first kappa shape index (κ1) is 11.4. The fourth-order valence-electron chi connectivity index (χ4n) is 2.57. The molecule has 1 saturated heterocycles. The number of carbonyl (C=O) groups is 2. The van der Waals surface area contributed by atoms with Gasteiger partial charge in [0.15, 0.2) is 0 Å². The lowest BCUT2D eigenvalue weighted by Crippen LogP contribution is -2.45. The Morgan fingerprint density at radius 1 is 1.44 bits per heavy atom. The first-order valence-corrected chi connectivity index (χ1v) is 6.11. The van der Waals surface area contributed by atoms with E-state index in [1.807, 2.05) is 6.92 Å². The van der Waals surface area contributed by atoms with Crippen molar-refractivity contribution in [1.82, 2.24) is 4.90 Å². The Morgan fingerprint density at radius 3 is 2.62 bits per heavy atom. The SMILES string of the molecule is CCC1(C(=O)N2CCCC(C(=O)O)C2)CC1. The second-order valence-corrected chi connectivity index (χ2v) is 5.06. The Labute approximate surface area is 95.6 Å². The van der Waals surface area contributed by atoms with E-state index in [4.69, 9.17) is 5.11 Å². The van der Waals surface area contributed by atoms with Gasteiger partial charge < -0.3 is 10.0 Å². The van der Waals surface area contributed by atoms with E-state index in [0.717, 1.165) is 32.2 Å². The van der Waals surface area contributed by atoms with Crippen LogP contribution < -0.4 is 0 Å². The van der Waals surface area contributed by atoms with Gasteiger partial charge in [0.1, 0.15) is 0 Å². The molecule has 90 valence electrons. The lowest BCUT2D eigenvalue weighted by molar-refractivity contribution is -0.147. The number of carboxylic acid groups (broad SMARTS) is 1. The second-order valence-electron chi connectivity index (χ2n) is 5.06. The highest BCUT2D eigenvalue weighted by Gasteiger charge is 2.50. The van der Waals surface area contributed by atoms with Gasteiger partial charge in [-0.1, -0.05) is 6.92 Å². The van der Waals surface area contributed by atoms with Gasteiger partial charge in [-0.05, 0) is 32.1 Å². The molecule has 2 fully saturated rings. The van der Waals surface area contributed by atoms with E-state index >= 15 is 0 Å². The van der Waals surface area contributed by atoms with Crippen molar-refractivity contribution >= 4 is 11.9 Å². The molecule has 2 aliphatic rings. The number of amides is 1. The van der Waals surface area contributed by atoms with Gasteiger partial charge in [0.2, 0.25) is 5.91 Å². The molecule has 1 atom stereocenters. The molecule has 1 heterocycles. The van der Waals surface area contributed by atoms with E-state index < -0.39 is 5.97 Å². The summed E-state index contributed by atoms with van der Waals surface area (Å²) in [5.74, 6) is -0.926. The van der Waals surface area contributed by atoms with Crippen LogP contribution >= 0.6 is 0 Å². The molecule has 0 aromatic heterocycles. The van der Waals surface area contributed by atoms with Crippen LogP contribution in [0.4, 0.5) is 0 Å². The number of aliphatic carboxylic acids is 1. The van der Waals surface area contributed by atoms with E-state index in [1.54, 1.807) is 4.90 Å². The quantitative estimate of drug-likeness (QED) is 0.791. The lowest BCUT2D eigenvalue weighted by atomic mass is 9.95. The fraction of sp³-hybridized carbons (Fsp3) is 0.833. The summed E-state index contributed by atoms with van der Waals surface area (Å²) < 4.78 is 0. The van der Waals surface area contributed by atoms with Crippen molar-refractivity contribution in [2.75, 3.05) is 13.1 Å². The first-order valence-electron chi connectivity index (χ1n) is 6.11. The third-order valence-corrected chi connectivity index (χ3v) is 4.04. The molecule has 1 aliphatic heterocycles. The van der Waals surface area contributed by atoms with Gasteiger partial charge in [0.25, 0.3) is 0 Å². The van der Waals surface area contributed by atoms with Gasteiger partial charge in [-0.3, -0.25) is 9.59 Å². The minimum Gasteiger partial charge on any atom is -0.481 e. The van der Waals surface area contributed by atoms with Gasteiger partial charge in [-0.15, -0.1) is 0 Å². The molecule has 16 heavy (non-hydrogen) atoms. The lowest BCUT2D eigenvalue weighted by Gasteiger charge is -2.33. The number of piperidine rings is 1. The number of nitrogens with zero attached hydrogens (tertiary/aromatic N) is 1. The van der Waals surface area contributed by atoms with Crippen LogP contribution in [0.25, 0.3) is 0 Å². The minimum atomic E-state index is -0.765. The van der Waals surface area contributed by atoms with E-state index in [-0.39, 0.29) is 17.2 Å². The van der Waals surface area contributed by atoms with Gasteiger partial charge in [-0.25, -0.2) is 0 Å². The van der Waals surface area contributed by atoms with Crippen molar-refractivity contribution in [3.63, 3.8) is 0 Å². The van der Waals surface area contributed by atoms with Crippen LogP contribution in [0.2, 0.25) is 0 Å². The highest BCUT2D eigenvalue weighted by atomic mass is 16.4. The average Bonchev–Trinajstić information content (AvgIpc) is 3.09. The maximum Gasteiger partial charge on any atom is 0.308 e. The van der Waals surface area contributed by atoms with Gasteiger partial charge in [-0.2, -0.15) is 0 Å². The molecule has 1 aliphatic carbocycles. The zero-order chi connectivity index (χ0) is 11.8. The van der Waals surface area contributed by atoms with Crippen LogP contribution in [0.3, 0.4) is 0 Å². The predicted octanol–water partition coefficient (Wildman–Crippen LogP) is 1.50. The molecule has 4 heteroatoms. The maximum absolute atomic E-state index is 12.2. The fourth-order valence-corrected chi connectivity index (χ4v) is 2.57. The Balaban J connectivity index is 1.99. The molecule has 0 aromatic carbocycles. The number of carbonyl (C=O) groups excluding carboxylic acids is 1. The van der Waals surface area contributed by atoms with E-state index in [0.29, 0.717) is 13.0 Å². The largest absolute Gasteiger partial charge is 0.481 e. The van der Waals surface area contributed by atoms with Gasteiger partial charge in [0, 0.05) is 18.5 Å². The summed E-state index contributed by atoms with van der Waals surface area (Å²) in [6.45, 7) is 3.20. The Bertz CT molecular complexity index is 309. The van der Waals surface area contributed by atoms with Crippen LogP contribution in [0.1, 0.15) is 39.0 Å². The van der Waals surface area contributed by atoms with Crippen molar-refractivity contribution in [2.45, 2.75) is 39.0 Å². The number of rotatable bonds is 3. The molecular formula is C12H19NO3. The third kappa shape index (κ3) is 1.93. The monoisotopic (exact) mass is 225 g/mol. The van der Waals surface area contributed by atoms with E-state index in [9.17, 15) is 9.59 Å². The molecule has 1 N–H and O–H groups in total.